The van der Waals surface area contributed by atoms with E-state index >= 15 is 0 Å². The van der Waals surface area contributed by atoms with Gasteiger partial charge < -0.3 is 5.32 Å². The van der Waals surface area contributed by atoms with Crippen LogP contribution in [0, 0.1) is 5.82 Å². The smallest absolute Gasteiger partial charge is 0.383 e. The van der Waals surface area contributed by atoms with Crippen molar-refractivity contribution < 1.29 is 17.6 Å². The summed E-state index contributed by atoms with van der Waals surface area (Å²) >= 11 is 3.02. The fourth-order valence-electron chi connectivity index (χ4n) is 0.985. The van der Waals surface area contributed by atoms with Crippen molar-refractivity contribution in [1.29, 1.82) is 0 Å². The van der Waals surface area contributed by atoms with E-state index < -0.39 is 11.3 Å². The third-order valence-electron chi connectivity index (χ3n) is 1.61. The lowest BCUT2D eigenvalue weighted by Gasteiger charge is -2.09. The summed E-state index contributed by atoms with van der Waals surface area (Å²) in [5.74, 6) is -0.491. The lowest BCUT2D eigenvalue weighted by molar-refractivity contribution is -0.0327. The molecule has 7 heteroatoms. The van der Waals surface area contributed by atoms with Crippen molar-refractivity contribution in [1.82, 2.24) is 0 Å². The van der Waals surface area contributed by atoms with Crippen LogP contribution in [-0.2, 0) is 0 Å². The highest BCUT2D eigenvalue weighted by Gasteiger charge is 2.27. The van der Waals surface area contributed by atoms with Crippen LogP contribution in [0.4, 0.5) is 23.2 Å². The van der Waals surface area contributed by atoms with Gasteiger partial charge in [0.2, 0.25) is 0 Å². The molecule has 0 bridgehead atoms. The summed E-state index contributed by atoms with van der Waals surface area (Å²) in [4.78, 5) is 0. The van der Waals surface area contributed by atoms with Gasteiger partial charge in [-0.1, -0.05) is 0 Å². The van der Waals surface area contributed by atoms with Gasteiger partial charge in [-0.2, -0.15) is 13.2 Å². The molecule has 1 aromatic rings. The number of nitrogens with one attached hydrogen (secondary N) is 1. The summed E-state index contributed by atoms with van der Waals surface area (Å²) in [7, 11) is 0. The standard InChI is InChI=1S/C9H8BrF4NS/c10-7-5-6(11)1-2-8(7)15-3-4-16-9(12,13)14/h1-2,5,15H,3-4H2. The minimum Gasteiger partial charge on any atom is -0.383 e. The summed E-state index contributed by atoms with van der Waals surface area (Å²) in [6.07, 6.45) is 0. The van der Waals surface area contributed by atoms with Gasteiger partial charge in [-0.15, -0.1) is 0 Å². The van der Waals surface area contributed by atoms with Crippen molar-refractivity contribution >= 4 is 33.4 Å². The van der Waals surface area contributed by atoms with Crippen LogP contribution in [0.15, 0.2) is 22.7 Å². The normalized spacial score (nSPS) is 11.6. The van der Waals surface area contributed by atoms with Crippen LogP contribution in [0.5, 0.6) is 0 Å². The Balaban J connectivity index is 2.38. The van der Waals surface area contributed by atoms with Gasteiger partial charge in [0.05, 0.1) is 0 Å². The monoisotopic (exact) mass is 317 g/mol. The van der Waals surface area contributed by atoms with E-state index in [1.165, 1.54) is 18.2 Å². The predicted molar refractivity (Wildman–Crippen MR) is 61.1 cm³/mol. The van der Waals surface area contributed by atoms with Gasteiger partial charge in [0, 0.05) is 22.5 Å². The molecule has 0 spiro atoms. The fraction of sp³-hybridized carbons (Fsp3) is 0.333. The average Bonchev–Trinajstić information content (AvgIpc) is 2.13. The third-order valence-corrected chi connectivity index (χ3v) is 3.01. The molecule has 0 saturated heterocycles. The lowest BCUT2D eigenvalue weighted by atomic mass is 10.3. The van der Waals surface area contributed by atoms with Crippen LogP contribution in [0.2, 0.25) is 0 Å². The van der Waals surface area contributed by atoms with E-state index in [-0.39, 0.29) is 24.1 Å². The molecule has 0 radical (unpaired) electrons. The van der Waals surface area contributed by atoms with Crippen molar-refractivity contribution in [3.8, 4) is 0 Å². The maximum absolute atomic E-state index is 12.7. The van der Waals surface area contributed by atoms with Gasteiger partial charge in [0.15, 0.2) is 0 Å². The van der Waals surface area contributed by atoms with Crippen LogP contribution in [-0.4, -0.2) is 17.8 Å². The number of anilines is 1. The first-order valence-corrected chi connectivity index (χ1v) is 6.06. The average molecular weight is 318 g/mol. The molecule has 0 amide bonds. The van der Waals surface area contributed by atoms with Crippen LogP contribution >= 0.6 is 27.7 Å². The molecule has 1 aromatic carbocycles. The highest BCUT2D eigenvalue weighted by atomic mass is 79.9. The molecule has 0 fully saturated rings. The second-order valence-corrected chi connectivity index (χ2v) is 4.86. The molecule has 1 N–H and O–H groups in total. The summed E-state index contributed by atoms with van der Waals surface area (Å²) in [6.45, 7) is 0.161. The van der Waals surface area contributed by atoms with Gasteiger partial charge in [0.25, 0.3) is 0 Å². The van der Waals surface area contributed by atoms with E-state index in [0.29, 0.717) is 10.2 Å². The Hall–Kier alpha value is -0.430. The maximum atomic E-state index is 12.7. The Morgan fingerprint density at radius 3 is 2.56 bits per heavy atom. The quantitative estimate of drug-likeness (QED) is 0.658. The van der Waals surface area contributed by atoms with Crippen molar-refractivity contribution in [2.75, 3.05) is 17.6 Å². The number of alkyl halides is 3. The van der Waals surface area contributed by atoms with Crippen LogP contribution in [0.25, 0.3) is 0 Å². The Labute approximate surface area is 103 Å². The Kier molecular flexibility index (Phi) is 4.91. The predicted octanol–water partition coefficient (Wildman–Crippen LogP) is 4.25. The van der Waals surface area contributed by atoms with E-state index in [1.54, 1.807) is 0 Å². The first-order valence-electron chi connectivity index (χ1n) is 4.28. The summed E-state index contributed by atoms with van der Waals surface area (Å²) < 4.78 is 48.5. The van der Waals surface area contributed by atoms with Gasteiger partial charge in [-0.05, 0) is 45.9 Å². The molecule has 90 valence electrons. The number of rotatable bonds is 4. The largest absolute Gasteiger partial charge is 0.441 e. The summed E-state index contributed by atoms with van der Waals surface area (Å²) in [5, 5.41) is 2.78. The van der Waals surface area contributed by atoms with Crippen molar-refractivity contribution in [2.24, 2.45) is 0 Å². The SMILES string of the molecule is Fc1ccc(NCCSC(F)(F)F)c(Br)c1. The first-order chi connectivity index (χ1) is 7.38. The Morgan fingerprint density at radius 1 is 1.31 bits per heavy atom. The van der Waals surface area contributed by atoms with Gasteiger partial charge >= 0.3 is 5.51 Å². The second kappa shape index (κ2) is 5.77. The first kappa shape index (κ1) is 13.6. The number of hydrogen-bond acceptors (Lipinski definition) is 2. The molecule has 16 heavy (non-hydrogen) atoms. The maximum Gasteiger partial charge on any atom is 0.441 e. The van der Waals surface area contributed by atoms with Crippen molar-refractivity contribution in [3.63, 3.8) is 0 Å². The van der Waals surface area contributed by atoms with Crippen molar-refractivity contribution in [3.05, 3.63) is 28.5 Å². The molecule has 0 aromatic heterocycles. The van der Waals surface area contributed by atoms with Crippen LogP contribution in [0.3, 0.4) is 0 Å². The lowest BCUT2D eigenvalue weighted by Crippen LogP contribution is -2.09. The number of halogens is 5. The Morgan fingerprint density at radius 2 is 2.00 bits per heavy atom. The zero-order chi connectivity index (χ0) is 12.2. The molecule has 0 heterocycles. The zero-order valence-electron chi connectivity index (χ0n) is 7.94. The van der Waals surface area contributed by atoms with Crippen LogP contribution in [0.1, 0.15) is 0 Å². The minimum absolute atomic E-state index is 0.0900. The second-order valence-electron chi connectivity index (χ2n) is 2.85. The molecule has 1 nitrogen and oxygen atoms in total. The van der Waals surface area contributed by atoms with Gasteiger partial charge in [-0.3, -0.25) is 0 Å². The molecule has 0 saturated carbocycles. The highest BCUT2D eigenvalue weighted by Crippen LogP contribution is 2.30. The molecule has 0 aliphatic rings. The van der Waals surface area contributed by atoms with E-state index in [0.717, 1.165) is 0 Å². The van der Waals surface area contributed by atoms with Gasteiger partial charge in [0.1, 0.15) is 5.82 Å². The molecule has 1 rings (SSSR count). The molecule has 0 atom stereocenters. The van der Waals surface area contributed by atoms with E-state index in [4.69, 9.17) is 0 Å². The van der Waals surface area contributed by atoms with Crippen LogP contribution < -0.4 is 5.32 Å². The number of benzene rings is 1. The van der Waals surface area contributed by atoms with E-state index in [9.17, 15) is 17.6 Å². The van der Waals surface area contributed by atoms with Crippen molar-refractivity contribution in [2.45, 2.75) is 5.51 Å². The molecular weight excluding hydrogens is 310 g/mol. The molecule has 0 aliphatic heterocycles. The third kappa shape index (κ3) is 5.07. The summed E-state index contributed by atoms with van der Waals surface area (Å²) in [5.41, 5.74) is -3.63. The number of thioether (sulfide) groups is 1. The topological polar surface area (TPSA) is 12.0 Å². The molecular formula is C9H8BrF4NS. The van der Waals surface area contributed by atoms with Gasteiger partial charge in [-0.25, -0.2) is 4.39 Å². The minimum atomic E-state index is -4.21. The van der Waals surface area contributed by atoms with E-state index in [1.807, 2.05) is 0 Å². The van der Waals surface area contributed by atoms with E-state index in [2.05, 4.69) is 21.2 Å². The summed E-state index contributed by atoms with van der Waals surface area (Å²) in [6, 6.07) is 3.96. The highest BCUT2D eigenvalue weighted by molar-refractivity contribution is 9.10. The fourth-order valence-corrected chi connectivity index (χ4v) is 1.91. The zero-order valence-corrected chi connectivity index (χ0v) is 10.3. The Bertz CT molecular complexity index is 356. The number of hydrogen-bond donors (Lipinski definition) is 1. The molecule has 0 unspecified atom stereocenters. The molecule has 0 aliphatic carbocycles.